The molecule has 4 fully saturated rings. The van der Waals surface area contributed by atoms with Crippen molar-refractivity contribution in [2.45, 2.75) is 52.4 Å². The van der Waals surface area contributed by atoms with Crippen LogP contribution in [0.15, 0.2) is 4.99 Å². The van der Waals surface area contributed by atoms with E-state index in [0.717, 1.165) is 42.6 Å². The number of nitrogens with one attached hydrogen (secondary N) is 1. The van der Waals surface area contributed by atoms with Crippen LogP contribution < -0.4 is 5.32 Å². The van der Waals surface area contributed by atoms with Gasteiger partial charge in [-0.25, -0.2) is 0 Å². The van der Waals surface area contributed by atoms with Crippen LogP contribution >= 0.6 is 11.8 Å². The molecule has 5 rings (SSSR count). The maximum absolute atomic E-state index is 12.9. The first-order chi connectivity index (χ1) is 9.41. The third kappa shape index (κ3) is 1.94. The van der Waals surface area contributed by atoms with Crippen molar-refractivity contribution in [2.24, 2.45) is 27.2 Å². The minimum absolute atomic E-state index is 0.103. The fraction of sp³-hybridized carbons (Fsp3) is 0.875. The third-order valence-electron chi connectivity index (χ3n) is 5.91. The van der Waals surface area contributed by atoms with Crippen LogP contribution in [0.2, 0.25) is 0 Å². The quantitative estimate of drug-likeness (QED) is 0.806. The zero-order chi connectivity index (χ0) is 14.0. The number of rotatable bonds is 1. The van der Waals surface area contributed by atoms with Gasteiger partial charge in [-0.3, -0.25) is 9.79 Å². The summed E-state index contributed by atoms with van der Waals surface area (Å²) in [7, 11) is 0. The highest BCUT2D eigenvalue weighted by Gasteiger charge is 2.62. The van der Waals surface area contributed by atoms with Crippen molar-refractivity contribution in [1.82, 2.24) is 5.32 Å². The van der Waals surface area contributed by atoms with Crippen molar-refractivity contribution in [1.29, 1.82) is 0 Å². The Kier molecular flexibility index (Phi) is 2.65. The SMILES string of the molecule is C[C@@]12CC3CC(C(=O)NC4=NCCS4)(C1)C[C@@](C)(C3)C2. The molecule has 110 valence electrons. The molecule has 4 saturated carbocycles. The molecule has 1 heterocycles. The molecular weight excluding hydrogens is 268 g/mol. The maximum atomic E-state index is 12.9. The molecule has 2 atom stereocenters. The molecule has 4 aliphatic carbocycles. The van der Waals surface area contributed by atoms with Crippen LogP contribution in [0.5, 0.6) is 0 Å². The minimum Gasteiger partial charge on any atom is -0.305 e. The molecule has 0 saturated heterocycles. The van der Waals surface area contributed by atoms with Crippen molar-refractivity contribution in [3.63, 3.8) is 0 Å². The van der Waals surface area contributed by atoms with Crippen LogP contribution in [0, 0.1) is 22.2 Å². The smallest absolute Gasteiger partial charge is 0.232 e. The summed E-state index contributed by atoms with van der Waals surface area (Å²) in [6.07, 6.45) is 7.30. The first-order valence-electron chi connectivity index (χ1n) is 7.89. The summed E-state index contributed by atoms with van der Waals surface area (Å²) in [4.78, 5) is 17.3. The summed E-state index contributed by atoms with van der Waals surface area (Å²) in [6, 6.07) is 0. The Balaban J connectivity index is 1.61. The Morgan fingerprint density at radius 3 is 2.45 bits per heavy atom. The van der Waals surface area contributed by atoms with E-state index in [1.807, 2.05) is 0 Å². The molecule has 5 aliphatic rings. The fourth-order valence-corrected chi connectivity index (χ4v) is 7.06. The van der Waals surface area contributed by atoms with Gasteiger partial charge in [-0.05, 0) is 55.3 Å². The standard InChI is InChI=1S/C16H24N2OS/c1-14-5-11-6-15(2,8-14)10-16(7-11,9-14)12(19)18-13-17-3-4-20-13/h11H,3-10H2,1-2H3,(H,17,18,19)/t11?,14-,15-,16?/m0/s1. The number of hydrogen-bond donors (Lipinski definition) is 1. The van der Waals surface area contributed by atoms with Crippen LogP contribution in [0.25, 0.3) is 0 Å². The zero-order valence-corrected chi connectivity index (χ0v) is 13.3. The lowest BCUT2D eigenvalue weighted by Crippen LogP contribution is -2.60. The first kappa shape index (κ1) is 13.2. The fourth-order valence-electron chi connectivity index (χ4n) is 6.34. The second-order valence-corrected chi connectivity index (χ2v) is 9.48. The lowest BCUT2D eigenvalue weighted by molar-refractivity contribution is -0.168. The molecule has 1 N–H and O–H groups in total. The van der Waals surface area contributed by atoms with Gasteiger partial charge >= 0.3 is 0 Å². The van der Waals surface area contributed by atoms with Crippen molar-refractivity contribution >= 4 is 22.8 Å². The maximum Gasteiger partial charge on any atom is 0.232 e. The summed E-state index contributed by atoms with van der Waals surface area (Å²) in [5, 5.41) is 4.01. The highest BCUT2D eigenvalue weighted by Crippen LogP contribution is 2.69. The average Bonchev–Trinajstić information content (AvgIpc) is 2.76. The predicted molar refractivity (Wildman–Crippen MR) is 82.7 cm³/mol. The minimum atomic E-state index is -0.103. The van der Waals surface area contributed by atoms with Gasteiger partial charge in [0.25, 0.3) is 0 Å². The molecule has 0 aromatic carbocycles. The number of thioether (sulfide) groups is 1. The largest absolute Gasteiger partial charge is 0.305 e. The van der Waals surface area contributed by atoms with Gasteiger partial charge in [0.1, 0.15) is 0 Å². The molecule has 4 bridgehead atoms. The van der Waals surface area contributed by atoms with E-state index in [2.05, 4.69) is 24.2 Å². The lowest BCUT2D eigenvalue weighted by Gasteiger charge is -2.64. The van der Waals surface area contributed by atoms with Gasteiger partial charge in [0.2, 0.25) is 5.91 Å². The Labute approximate surface area is 125 Å². The number of carbonyl (C=O) groups excluding carboxylic acids is 1. The molecule has 1 amide bonds. The summed E-state index contributed by atoms with van der Waals surface area (Å²) in [5.41, 5.74) is 0.695. The van der Waals surface area contributed by atoms with Gasteiger partial charge < -0.3 is 5.32 Å². The number of nitrogens with zero attached hydrogens (tertiary/aromatic N) is 1. The predicted octanol–water partition coefficient (Wildman–Crippen LogP) is 3.20. The number of aliphatic imine (C=N–C) groups is 1. The summed E-state index contributed by atoms with van der Waals surface area (Å²) >= 11 is 1.69. The van der Waals surface area contributed by atoms with E-state index in [9.17, 15) is 4.79 Å². The topological polar surface area (TPSA) is 41.5 Å². The molecule has 0 aromatic heterocycles. The molecule has 3 nitrogen and oxygen atoms in total. The second kappa shape index (κ2) is 4.02. The van der Waals surface area contributed by atoms with Crippen molar-refractivity contribution < 1.29 is 4.79 Å². The molecule has 0 aromatic rings. The Bertz CT molecular complexity index is 483. The summed E-state index contributed by atoms with van der Waals surface area (Å²) in [6.45, 7) is 5.69. The van der Waals surface area contributed by atoms with E-state index < -0.39 is 0 Å². The number of amidine groups is 1. The molecule has 4 heteroatoms. The van der Waals surface area contributed by atoms with Gasteiger partial charge in [0.05, 0.1) is 12.0 Å². The number of amides is 1. The summed E-state index contributed by atoms with van der Waals surface area (Å²) < 4.78 is 0. The highest BCUT2D eigenvalue weighted by molar-refractivity contribution is 8.14. The van der Waals surface area contributed by atoms with E-state index in [4.69, 9.17) is 0 Å². The van der Waals surface area contributed by atoms with Crippen LogP contribution in [0.4, 0.5) is 0 Å². The van der Waals surface area contributed by atoms with Crippen molar-refractivity contribution in [3.8, 4) is 0 Å². The molecule has 20 heavy (non-hydrogen) atoms. The van der Waals surface area contributed by atoms with Crippen molar-refractivity contribution in [3.05, 3.63) is 0 Å². The average molecular weight is 292 g/mol. The van der Waals surface area contributed by atoms with Crippen molar-refractivity contribution in [2.75, 3.05) is 12.3 Å². The van der Waals surface area contributed by atoms with E-state index in [-0.39, 0.29) is 11.3 Å². The van der Waals surface area contributed by atoms with Gasteiger partial charge in [-0.1, -0.05) is 25.6 Å². The van der Waals surface area contributed by atoms with Crippen LogP contribution in [0.3, 0.4) is 0 Å². The highest BCUT2D eigenvalue weighted by atomic mass is 32.2. The monoisotopic (exact) mass is 292 g/mol. The van der Waals surface area contributed by atoms with Crippen LogP contribution in [-0.4, -0.2) is 23.4 Å². The lowest BCUT2D eigenvalue weighted by atomic mass is 9.40. The van der Waals surface area contributed by atoms with Gasteiger partial charge in [0.15, 0.2) is 5.17 Å². The Morgan fingerprint density at radius 1 is 1.20 bits per heavy atom. The van der Waals surface area contributed by atoms with E-state index in [0.29, 0.717) is 10.8 Å². The second-order valence-electron chi connectivity index (χ2n) is 8.40. The summed E-state index contributed by atoms with van der Waals surface area (Å²) in [5.74, 6) is 2.05. The van der Waals surface area contributed by atoms with E-state index >= 15 is 0 Å². The Hall–Kier alpha value is -0.510. The zero-order valence-electron chi connectivity index (χ0n) is 12.5. The normalized spacial score (nSPS) is 49.3. The van der Waals surface area contributed by atoms with Gasteiger partial charge in [-0.2, -0.15) is 0 Å². The third-order valence-corrected chi connectivity index (χ3v) is 6.81. The molecular formula is C16H24N2OS. The molecule has 1 aliphatic heterocycles. The Morgan fingerprint density at radius 2 is 1.90 bits per heavy atom. The molecule has 0 unspecified atom stereocenters. The molecule has 0 radical (unpaired) electrons. The van der Waals surface area contributed by atoms with Crippen LogP contribution in [-0.2, 0) is 4.79 Å². The van der Waals surface area contributed by atoms with E-state index in [1.54, 1.807) is 11.8 Å². The van der Waals surface area contributed by atoms with Crippen LogP contribution in [0.1, 0.15) is 52.4 Å². The van der Waals surface area contributed by atoms with Gasteiger partial charge in [-0.15, -0.1) is 0 Å². The number of hydrogen-bond acceptors (Lipinski definition) is 3. The molecule has 0 spiro atoms. The first-order valence-corrected chi connectivity index (χ1v) is 8.88. The van der Waals surface area contributed by atoms with Gasteiger partial charge in [0, 0.05) is 5.75 Å². The number of carbonyl (C=O) groups is 1. The van der Waals surface area contributed by atoms with E-state index in [1.165, 1.54) is 19.3 Å².